The molecular formula is C19H18Cl2N4O3. The maximum Gasteiger partial charge on any atom is 0.258 e. The van der Waals surface area contributed by atoms with Gasteiger partial charge in [0.05, 0.1) is 40.0 Å². The number of methoxy groups -OCH3 is 1. The van der Waals surface area contributed by atoms with Crippen LogP contribution in [0, 0.1) is 0 Å². The third kappa shape index (κ3) is 4.44. The van der Waals surface area contributed by atoms with Gasteiger partial charge in [0, 0.05) is 26.0 Å². The maximum absolute atomic E-state index is 12.6. The molecule has 0 aliphatic heterocycles. The number of nitrogens with zero attached hydrogens (tertiary/aromatic N) is 2. The first-order chi connectivity index (χ1) is 13.5. The van der Waals surface area contributed by atoms with Crippen LogP contribution in [0.3, 0.4) is 0 Å². The van der Waals surface area contributed by atoms with Crippen molar-refractivity contribution in [1.29, 1.82) is 0 Å². The highest BCUT2D eigenvalue weighted by atomic mass is 35.5. The maximum atomic E-state index is 12.6. The second kappa shape index (κ2) is 9.05. The fourth-order valence-electron chi connectivity index (χ4n) is 2.71. The van der Waals surface area contributed by atoms with Crippen LogP contribution in [0.2, 0.25) is 10.0 Å². The van der Waals surface area contributed by atoms with Crippen LogP contribution >= 0.6 is 23.2 Å². The molecule has 0 aliphatic rings. The number of rotatable bonds is 7. The van der Waals surface area contributed by atoms with Crippen molar-refractivity contribution in [3.8, 4) is 0 Å². The molecule has 0 unspecified atom stereocenters. The van der Waals surface area contributed by atoms with Gasteiger partial charge in [-0.2, -0.15) is 0 Å². The quantitative estimate of drug-likeness (QED) is 0.574. The molecule has 2 aromatic heterocycles. The van der Waals surface area contributed by atoms with E-state index in [2.05, 4.69) is 15.6 Å². The Balaban J connectivity index is 1.81. The van der Waals surface area contributed by atoms with Crippen molar-refractivity contribution < 1.29 is 14.3 Å². The van der Waals surface area contributed by atoms with E-state index in [0.29, 0.717) is 30.2 Å². The molecule has 0 aliphatic carbocycles. The van der Waals surface area contributed by atoms with E-state index in [1.807, 2.05) is 0 Å². The Hall–Kier alpha value is -2.61. The molecule has 2 N–H and O–H groups in total. The highest BCUT2D eigenvalue weighted by Crippen LogP contribution is 2.26. The van der Waals surface area contributed by atoms with Crippen LogP contribution in [-0.2, 0) is 16.0 Å². The van der Waals surface area contributed by atoms with Gasteiger partial charge in [0.15, 0.2) is 5.65 Å². The lowest BCUT2D eigenvalue weighted by molar-refractivity contribution is -0.120. The van der Waals surface area contributed by atoms with Crippen molar-refractivity contribution in [3.63, 3.8) is 0 Å². The number of hydrogen-bond donors (Lipinski definition) is 2. The minimum atomic E-state index is -0.439. The van der Waals surface area contributed by atoms with Crippen LogP contribution in [0.4, 0.5) is 5.69 Å². The number of hydrogen-bond acceptors (Lipinski definition) is 4. The summed E-state index contributed by atoms with van der Waals surface area (Å²) >= 11 is 12.2. The number of amides is 2. The summed E-state index contributed by atoms with van der Waals surface area (Å²) in [6, 6.07) is 8.33. The molecule has 3 rings (SSSR count). The molecule has 0 saturated carbocycles. The fourth-order valence-corrected chi connectivity index (χ4v) is 3.28. The Morgan fingerprint density at radius 3 is 2.64 bits per heavy atom. The zero-order chi connectivity index (χ0) is 20.1. The number of ether oxygens (including phenoxy) is 1. The number of fused-ring (bicyclic) bond motifs is 1. The second-order valence-electron chi connectivity index (χ2n) is 5.94. The van der Waals surface area contributed by atoms with E-state index >= 15 is 0 Å². The molecule has 3 aromatic rings. The van der Waals surface area contributed by atoms with Crippen LogP contribution in [0.5, 0.6) is 0 Å². The van der Waals surface area contributed by atoms with Gasteiger partial charge in [-0.1, -0.05) is 29.3 Å². The number of nitrogens with one attached hydrogen (secondary N) is 2. The van der Waals surface area contributed by atoms with E-state index < -0.39 is 5.91 Å². The minimum Gasteiger partial charge on any atom is -0.383 e. The number of anilines is 1. The Bertz CT molecular complexity index is 999. The average Bonchev–Trinajstić information content (AvgIpc) is 3.06. The van der Waals surface area contributed by atoms with Crippen molar-refractivity contribution in [3.05, 3.63) is 64.0 Å². The molecule has 9 heteroatoms. The second-order valence-corrected chi connectivity index (χ2v) is 6.75. The monoisotopic (exact) mass is 420 g/mol. The predicted octanol–water partition coefficient (Wildman–Crippen LogP) is 3.20. The Kier molecular flexibility index (Phi) is 6.51. The molecule has 2 heterocycles. The highest BCUT2D eigenvalue weighted by molar-refractivity contribution is 6.40. The fraction of sp³-hybridized carbons (Fsp3) is 0.211. The molecule has 0 spiro atoms. The summed E-state index contributed by atoms with van der Waals surface area (Å²) in [5.74, 6) is -0.582. The number of pyridine rings is 1. The summed E-state index contributed by atoms with van der Waals surface area (Å²) in [6.45, 7) is 0.881. The minimum absolute atomic E-state index is 0.142. The van der Waals surface area contributed by atoms with Gasteiger partial charge < -0.3 is 19.8 Å². The van der Waals surface area contributed by atoms with Crippen molar-refractivity contribution in [2.24, 2.45) is 0 Å². The van der Waals surface area contributed by atoms with E-state index in [-0.39, 0.29) is 27.9 Å². The zero-order valence-corrected chi connectivity index (χ0v) is 16.5. The van der Waals surface area contributed by atoms with Crippen molar-refractivity contribution in [1.82, 2.24) is 14.7 Å². The summed E-state index contributed by atoms with van der Waals surface area (Å²) in [4.78, 5) is 29.0. The van der Waals surface area contributed by atoms with Crippen LogP contribution < -0.4 is 10.6 Å². The van der Waals surface area contributed by atoms with Crippen molar-refractivity contribution >= 4 is 46.4 Å². The lowest BCUT2D eigenvalue weighted by atomic mass is 10.2. The number of carbonyl (C=O) groups is 2. The van der Waals surface area contributed by atoms with Gasteiger partial charge in [-0.15, -0.1) is 0 Å². The molecular weight excluding hydrogens is 403 g/mol. The van der Waals surface area contributed by atoms with Crippen LogP contribution in [0.1, 0.15) is 16.1 Å². The molecule has 7 nitrogen and oxygen atoms in total. The summed E-state index contributed by atoms with van der Waals surface area (Å²) < 4.78 is 6.66. The standard InChI is InChI=1S/C19H18Cl2N4O3/c1-28-9-7-22-16(26)10-12-11-23-18-15(6-3-8-25(12)18)24-19(27)17-13(20)4-2-5-14(17)21/h2-6,8,11H,7,9-10H2,1H3,(H,22,26)(H,24,27). The van der Waals surface area contributed by atoms with Crippen LogP contribution in [0.15, 0.2) is 42.7 Å². The molecule has 0 fully saturated rings. The molecule has 0 atom stereocenters. The van der Waals surface area contributed by atoms with E-state index in [1.165, 1.54) is 0 Å². The molecule has 2 amide bonds. The summed E-state index contributed by atoms with van der Waals surface area (Å²) in [5.41, 5.74) is 1.88. The van der Waals surface area contributed by atoms with Crippen molar-refractivity contribution in [2.45, 2.75) is 6.42 Å². The van der Waals surface area contributed by atoms with Gasteiger partial charge in [0.25, 0.3) is 5.91 Å². The van der Waals surface area contributed by atoms with E-state index in [9.17, 15) is 9.59 Å². The van der Waals surface area contributed by atoms with Crippen LogP contribution in [-0.4, -0.2) is 41.5 Å². The average molecular weight is 421 g/mol. The molecule has 146 valence electrons. The van der Waals surface area contributed by atoms with Gasteiger partial charge >= 0.3 is 0 Å². The lowest BCUT2D eigenvalue weighted by Gasteiger charge is -2.10. The van der Waals surface area contributed by atoms with Crippen LogP contribution in [0.25, 0.3) is 5.65 Å². The van der Waals surface area contributed by atoms with E-state index in [0.717, 1.165) is 0 Å². The molecule has 1 aromatic carbocycles. The number of aromatic nitrogens is 2. The van der Waals surface area contributed by atoms with Crippen molar-refractivity contribution in [2.75, 3.05) is 25.6 Å². The van der Waals surface area contributed by atoms with Gasteiger partial charge in [-0.05, 0) is 24.3 Å². The Morgan fingerprint density at radius 1 is 1.18 bits per heavy atom. The topological polar surface area (TPSA) is 84.7 Å². The molecule has 28 heavy (non-hydrogen) atoms. The molecule has 0 saturated heterocycles. The number of imidazole rings is 1. The van der Waals surface area contributed by atoms with Gasteiger partial charge in [-0.3, -0.25) is 9.59 Å². The first kappa shape index (κ1) is 20.1. The SMILES string of the molecule is COCCNC(=O)Cc1cnc2c(NC(=O)c3c(Cl)cccc3Cl)cccn12. The number of halogens is 2. The smallest absolute Gasteiger partial charge is 0.258 e. The Morgan fingerprint density at radius 2 is 1.93 bits per heavy atom. The highest BCUT2D eigenvalue weighted by Gasteiger charge is 2.17. The van der Waals surface area contributed by atoms with E-state index in [4.69, 9.17) is 27.9 Å². The summed E-state index contributed by atoms with van der Waals surface area (Å²) in [5, 5.41) is 6.06. The third-order valence-corrected chi connectivity index (χ3v) is 4.65. The molecule has 0 radical (unpaired) electrons. The lowest BCUT2D eigenvalue weighted by Crippen LogP contribution is -2.28. The number of benzene rings is 1. The van der Waals surface area contributed by atoms with Gasteiger partial charge in [0.2, 0.25) is 5.91 Å². The predicted molar refractivity (Wildman–Crippen MR) is 108 cm³/mol. The van der Waals surface area contributed by atoms with E-state index in [1.54, 1.807) is 54.2 Å². The zero-order valence-electron chi connectivity index (χ0n) is 15.0. The summed E-state index contributed by atoms with van der Waals surface area (Å²) in [6.07, 6.45) is 3.53. The third-order valence-electron chi connectivity index (χ3n) is 4.02. The molecule has 0 bridgehead atoms. The number of carbonyl (C=O) groups excluding carboxylic acids is 2. The first-order valence-corrected chi connectivity index (χ1v) is 9.22. The Labute approximate surface area is 171 Å². The first-order valence-electron chi connectivity index (χ1n) is 8.47. The largest absolute Gasteiger partial charge is 0.383 e. The summed E-state index contributed by atoms with van der Waals surface area (Å²) in [7, 11) is 1.57. The van der Waals surface area contributed by atoms with Gasteiger partial charge in [-0.25, -0.2) is 4.98 Å². The normalized spacial score (nSPS) is 10.8. The van der Waals surface area contributed by atoms with Gasteiger partial charge in [0.1, 0.15) is 0 Å².